The van der Waals surface area contributed by atoms with E-state index < -0.39 is 0 Å². The summed E-state index contributed by atoms with van der Waals surface area (Å²) in [6.45, 7) is 3.84. The van der Waals surface area contributed by atoms with E-state index in [0.717, 1.165) is 25.3 Å². The van der Waals surface area contributed by atoms with Gasteiger partial charge in [-0.2, -0.15) is 11.8 Å². The standard InChI is InChI=1S/C8H16N2OS/c1-7(6-12-2)10-5-3-4-9-8(10)11/h7H,3-6H2,1-2H3,(H,9,11). The maximum atomic E-state index is 11.3. The molecular weight excluding hydrogens is 172 g/mol. The van der Waals surface area contributed by atoms with Crippen LogP contribution in [-0.2, 0) is 0 Å². The summed E-state index contributed by atoms with van der Waals surface area (Å²) in [5, 5.41) is 2.85. The van der Waals surface area contributed by atoms with Crippen LogP contribution in [0.5, 0.6) is 0 Å². The first-order valence-corrected chi connectivity index (χ1v) is 5.68. The van der Waals surface area contributed by atoms with Crippen LogP contribution in [0.3, 0.4) is 0 Å². The van der Waals surface area contributed by atoms with Crippen LogP contribution in [0.2, 0.25) is 0 Å². The van der Waals surface area contributed by atoms with Gasteiger partial charge in [0.25, 0.3) is 0 Å². The maximum Gasteiger partial charge on any atom is 0.317 e. The Morgan fingerprint density at radius 2 is 2.50 bits per heavy atom. The van der Waals surface area contributed by atoms with Crippen LogP contribution >= 0.6 is 11.8 Å². The zero-order valence-electron chi connectivity index (χ0n) is 7.67. The second-order valence-corrected chi connectivity index (χ2v) is 3.99. The van der Waals surface area contributed by atoms with E-state index in [-0.39, 0.29) is 6.03 Å². The topological polar surface area (TPSA) is 32.3 Å². The lowest BCUT2D eigenvalue weighted by atomic mass is 10.2. The fourth-order valence-corrected chi connectivity index (χ4v) is 2.06. The van der Waals surface area contributed by atoms with Crippen molar-refractivity contribution in [2.75, 3.05) is 25.1 Å². The van der Waals surface area contributed by atoms with E-state index >= 15 is 0 Å². The van der Waals surface area contributed by atoms with Gasteiger partial charge in [-0.05, 0) is 19.6 Å². The third kappa shape index (κ3) is 2.30. The zero-order chi connectivity index (χ0) is 8.97. The number of hydrogen-bond donors (Lipinski definition) is 1. The Bertz CT molecular complexity index is 163. The number of nitrogens with one attached hydrogen (secondary N) is 1. The highest BCUT2D eigenvalue weighted by Crippen LogP contribution is 2.09. The van der Waals surface area contributed by atoms with Gasteiger partial charge in [0.05, 0.1) is 0 Å². The molecule has 3 nitrogen and oxygen atoms in total. The Kier molecular flexibility index (Phi) is 3.72. The molecule has 1 rings (SSSR count). The molecule has 0 aromatic heterocycles. The summed E-state index contributed by atoms with van der Waals surface area (Å²) < 4.78 is 0. The fourth-order valence-electron chi connectivity index (χ4n) is 1.40. The van der Waals surface area contributed by atoms with Gasteiger partial charge < -0.3 is 10.2 Å². The summed E-state index contributed by atoms with van der Waals surface area (Å²) >= 11 is 1.78. The molecule has 2 amide bonds. The fraction of sp³-hybridized carbons (Fsp3) is 0.875. The first-order valence-electron chi connectivity index (χ1n) is 4.29. The highest BCUT2D eigenvalue weighted by Gasteiger charge is 2.21. The van der Waals surface area contributed by atoms with Crippen molar-refractivity contribution >= 4 is 17.8 Å². The minimum atomic E-state index is 0.0998. The highest BCUT2D eigenvalue weighted by atomic mass is 32.2. The van der Waals surface area contributed by atoms with E-state index in [1.807, 2.05) is 4.90 Å². The number of thioether (sulfide) groups is 1. The molecule has 1 heterocycles. The molecule has 0 aromatic carbocycles. The summed E-state index contributed by atoms with van der Waals surface area (Å²) in [5.74, 6) is 1.02. The van der Waals surface area contributed by atoms with Crippen LogP contribution < -0.4 is 5.32 Å². The van der Waals surface area contributed by atoms with E-state index in [0.29, 0.717) is 6.04 Å². The Morgan fingerprint density at radius 1 is 1.75 bits per heavy atom. The number of nitrogens with zero attached hydrogens (tertiary/aromatic N) is 1. The van der Waals surface area contributed by atoms with Crippen molar-refractivity contribution < 1.29 is 4.79 Å². The summed E-state index contributed by atoms with van der Waals surface area (Å²) in [5.41, 5.74) is 0. The van der Waals surface area contributed by atoms with Gasteiger partial charge in [-0.15, -0.1) is 0 Å². The second kappa shape index (κ2) is 4.60. The predicted octanol–water partition coefficient (Wildman–Crippen LogP) is 1.15. The van der Waals surface area contributed by atoms with Crippen LogP contribution in [0.15, 0.2) is 0 Å². The molecule has 0 aliphatic carbocycles. The van der Waals surface area contributed by atoms with Crippen LogP contribution in [-0.4, -0.2) is 42.1 Å². The molecule has 1 saturated heterocycles. The van der Waals surface area contributed by atoms with Gasteiger partial charge in [-0.3, -0.25) is 0 Å². The number of urea groups is 1. The summed E-state index contributed by atoms with van der Waals surface area (Å²) in [6.07, 6.45) is 3.14. The van der Waals surface area contributed by atoms with Crippen LogP contribution in [0.25, 0.3) is 0 Å². The number of hydrogen-bond acceptors (Lipinski definition) is 2. The van der Waals surface area contributed by atoms with Crippen molar-refractivity contribution in [2.45, 2.75) is 19.4 Å². The Morgan fingerprint density at radius 3 is 3.08 bits per heavy atom. The third-order valence-corrected chi connectivity index (χ3v) is 2.87. The van der Waals surface area contributed by atoms with Crippen molar-refractivity contribution in [3.8, 4) is 0 Å². The smallest absolute Gasteiger partial charge is 0.317 e. The minimum Gasteiger partial charge on any atom is -0.338 e. The average Bonchev–Trinajstić information content (AvgIpc) is 2.05. The maximum absolute atomic E-state index is 11.3. The summed E-state index contributed by atoms with van der Waals surface area (Å²) in [6, 6.07) is 0.461. The van der Waals surface area contributed by atoms with Crippen molar-refractivity contribution in [1.29, 1.82) is 0 Å². The molecule has 4 heteroatoms. The molecule has 0 aromatic rings. The molecule has 0 saturated carbocycles. The molecule has 0 bridgehead atoms. The minimum absolute atomic E-state index is 0.0998. The van der Waals surface area contributed by atoms with E-state index in [1.54, 1.807) is 11.8 Å². The summed E-state index contributed by atoms with van der Waals surface area (Å²) in [4.78, 5) is 13.2. The average molecular weight is 188 g/mol. The van der Waals surface area contributed by atoms with Gasteiger partial charge in [-0.25, -0.2) is 4.79 Å². The largest absolute Gasteiger partial charge is 0.338 e. The van der Waals surface area contributed by atoms with Gasteiger partial charge in [-0.1, -0.05) is 0 Å². The molecule has 1 fully saturated rings. The monoisotopic (exact) mass is 188 g/mol. The van der Waals surface area contributed by atoms with Gasteiger partial charge in [0, 0.05) is 24.9 Å². The highest BCUT2D eigenvalue weighted by molar-refractivity contribution is 7.98. The van der Waals surface area contributed by atoms with Crippen molar-refractivity contribution in [3.63, 3.8) is 0 Å². The first kappa shape index (κ1) is 9.71. The molecule has 12 heavy (non-hydrogen) atoms. The lowest BCUT2D eigenvalue weighted by Gasteiger charge is -2.32. The number of carbonyl (C=O) groups excluding carboxylic acids is 1. The van der Waals surface area contributed by atoms with Crippen LogP contribution in [0, 0.1) is 0 Å². The lowest BCUT2D eigenvalue weighted by molar-refractivity contribution is 0.172. The predicted molar refractivity (Wildman–Crippen MR) is 52.6 cm³/mol. The van der Waals surface area contributed by atoms with E-state index in [4.69, 9.17) is 0 Å². The SMILES string of the molecule is CSCC(C)N1CCCNC1=O. The number of carbonyl (C=O) groups is 1. The molecule has 1 aliphatic heterocycles. The number of rotatable bonds is 3. The molecule has 70 valence electrons. The number of amides is 2. The lowest BCUT2D eigenvalue weighted by Crippen LogP contribution is -2.51. The van der Waals surface area contributed by atoms with E-state index in [9.17, 15) is 4.79 Å². The quantitative estimate of drug-likeness (QED) is 0.720. The van der Waals surface area contributed by atoms with Gasteiger partial charge in [0.2, 0.25) is 0 Å². The molecule has 1 unspecified atom stereocenters. The first-order chi connectivity index (χ1) is 5.75. The third-order valence-electron chi connectivity index (χ3n) is 2.05. The second-order valence-electron chi connectivity index (χ2n) is 3.08. The molecule has 1 aliphatic rings. The molecular formula is C8H16N2OS. The normalized spacial score (nSPS) is 20.5. The Hall–Kier alpha value is -0.380. The zero-order valence-corrected chi connectivity index (χ0v) is 8.49. The Labute approximate surface area is 77.9 Å². The van der Waals surface area contributed by atoms with Gasteiger partial charge >= 0.3 is 6.03 Å². The molecule has 0 radical (unpaired) electrons. The van der Waals surface area contributed by atoms with Gasteiger partial charge in [0.15, 0.2) is 0 Å². The molecule has 1 atom stereocenters. The molecule has 0 spiro atoms. The Balaban J connectivity index is 2.42. The summed E-state index contributed by atoms with van der Waals surface area (Å²) in [7, 11) is 0. The van der Waals surface area contributed by atoms with E-state index in [2.05, 4.69) is 18.5 Å². The van der Waals surface area contributed by atoms with Crippen molar-refractivity contribution in [2.24, 2.45) is 0 Å². The van der Waals surface area contributed by atoms with Gasteiger partial charge in [0.1, 0.15) is 0 Å². The molecule has 1 N–H and O–H groups in total. The van der Waals surface area contributed by atoms with Crippen molar-refractivity contribution in [3.05, 3.63) is 0 Å². The van der Waals surface area contributed by atoms with Crippen molar-refractivity contribution in [1.82, 2.24) is 10.2 Å². The van der Waals surface area contributed by atoms with Crippen LogP contribution in [0.1, 0.15) is 13.3 Å². The van der Waals surface area contributed by atoms with Crippen LogP contribution in [0.4, 0.5) is 4.79 Å². The van der Waals surface area contributed by atoms with E-state index in [1.165, 1.54) is 0 Å².